The molecular formula is C23H24F3N3O5. The number of aliphatic hydroxyl groups is 1. The van der Waals surface area contributed by atoms with Gasteiger partial charge in [-0.1, -0.05) is 0 Å². The molecule has 11 heteroatoms. The second kappa shape index (κ2) is 9.22. The number of aliphatic hydroxyl groups excluding tert-OH is 1. The lowest BCUT2D eigenvalue weighted by molar-refractivity contribution is -0.0661. The van der Waals surface area contributed by atoms with Gasteiger partial charge in [-0.25, -0.2) is 18.2 Å². The lowest BCUT2D eigenvalue weighted by Crippen LogP contribution is -2.48. The predicted octanol–water partition coefficient (Wildman–Crippen LogP) is 2.48. The minimum Gasteiger partial charge on any atom is -0.396 e. The van der Waals surface area contributed by atoms with Gasteiger partial charge < -0.3 is 14.6 Å². The smallest absolute Gasteiger partial charge is 0.283 e. The van der Waals surface area contributed by atoms with E-state index in [4.69, 9.17) is 0 Å². The fourth-order valence-electron chi connectivity index (χ4n) is 4.82. The lowest BCUT2D eigenvalue weighted by atomic mass is 9.90. The monoisotopic (exact) mass is 479 g/mol. The van der Waals surface area contributed by atoms with Gasteiger partial charge in [-0.2, -0.15) is 0 Å². The molecule has 0 aliphatic carbocycles. The van der Waals surface area contributed by atoms with E-state index in [1.165, 1.54) is 10.8 Å². The minimum absolute atomic E-state index is 0.0256. The number of nitrogens with zero attached hydrogens (tertiary/aromatic N) is 3. The summed E-state index contributed by atoms with van der Waals surface area (Å²) in [5.74, 6) is -5.35. The summed E-state index contributed by atoms with van der Waals surface area (Å²) < 4.78 is 42.6. The van der Waals surface area contributed by atoms with Crippen LogP contribution < -0.4 is 5.43 Å². The molecule has 2 amide bonds. The number of pyridine rings is 1. The van der Waals surface area contributed by atoms with Gasteiger partial charge in [0.15, 0.2) is 5.43 Å². The van der Waals surface area contributed by atoms with E-state index >= 15 is 0 Å². The zero-order chi connectivity index (χ0) is 24.7. The third-order valence-electron chi connectivity index (χ3n) is 6.71. The van der Waals surface area contributed by atoms with Gasteiger partial charge in [0.05, 0.1) is 12.6 Å². The normalized spacial score (nSPS) is 21.8. The molecule has 0 radical (unpaired) electrons. The predicted molar refractivity (Wildman–Crippen MR) is 113 cm³/mol. The second-order valence-corrected chi connectivity index (χ2v) is 8.78. The summed E-state index contributed by atoms with van der Waals surface area (Å²) >= 11 is 0. The van der Waals surface area contributed by atoms with E-state index in [0.717, 1.165) is 18.9 Å². The Morgan fingerprint density at radius 3 is 2.47 bits per heavy atom. The van der Waals surface area contributed by atoms with Gasteiger partial charge in [-0.3, -0.25) is 19.6 Å². The van der Waals surface area contributed by atoms with E-state index in [9.17, 15) is 37.9 Å². The van der Waals surface area contributed by atoms with Gasteiger partial charge in [0.2, 0.25) is 0 Å². The molecule has 34 heavy (non-hydrogen) atoms. The summed E-state index contributed by atoms with van der Waals surface area (Å²) in [7, 11) is 0. The second-order valence-electron chi connectivity index (χ2n) is 8.78. The summed E-state index contributed by atoms with van der Waals surface area (Å²) in [5.41, 5.74) is -1.98. The first-order valence-electron chi connectivity index (χ1n) is 10.9. The quantitative estimate of drug-likeness (QED) is 0.507. The van der Waals surface area contributed by atoms with E-state index in [1.807, 2.05) is 6.92 Å². The standard InChI is InChI=1S/C23H24F3N3O5/c1-12-2-3-13(4-5-30)20-11-27(12)23(33)19-8-21(31)16(9-28(19)20)22(32)29(34)10-15-17(25)6-14(24)7-18(15)26/h6-9,12-13,20,30,34H,2-5,10-11H2,1H3. The molecule has 1 aromatic carbocycles. The van der Waals surface area contributed by atoms with E-state index in [0.29, 0.717) is 25.1 Å². The number of hydrogen-bond donors (Lipinski definition) is 2. The highest BCUT2D eigenvalue weighted by atomic mass is 19.1. The number of aromatic nitrogens is 1. The molecule has 0 saturated carbocycles. The molecule has 2 aliphatic heterocycles. The summed E-state index contributed by atoms with van der Waals surface area (Å²) in [6.45, 7) is 1.23. The minimum atomic E-state index is -1.29. The Hall–Kier alpha value is -3.18. The largest absolute Gasteiger partial charge is 0.396 e. The van der Waals surface area contributed by atoms with Crippen LogP contribution in [0, 0.1) is 23.4 Å². The number of rotatable bonds is 5. The first kappa shape index (κ1) is 24.0. The Labute approximate surface area is 192 Å². The maximum Gasteiger partial charge on any atom is 0.283 e. The van der Waals surface area contributed by atoms with Crippen molar-refractivity contribution < 1.29 is 33.1 Å². The highest BCUT2D eigenvalue weighted by Crippen LogP contribution is 2.37. The molecule has 0 spiro atoms. The molecule has 1 aromatic heterocycles. The molecular weight excluding hydrogens is 455 g/mol. The van der Waals surface area contributed by atoms with Crippen LogP contribution in [-0.2, 0) is 6.54 Å². The van der Waals surface area contributed by atoms with E-state index in [1.54, 1.807) is 4.90 Å². The van der Waals surface area contributed by atoms with Crippen molar-refractivity contribution in [3.63, 3.8) is 0 Å². The molecule has 8 nitrogen and oxygen atoms in total. The topological polar surface area (TPSA) is 103 Å². The molecule has 2 aromatic rings. The van der Waals surface area contributed by atoms with Crippen LogP contribution in [0.25, 0.3) is 0 Å². The van der Waals surface area contributed by atoms with Crippen molar-refractivity contribution in [3.8, 4) is 0 Å². The number of halogens is 3. The van der Waals surface area contributed by atoms with Gasteiger partial charge in [-0.05, 0) is 32.1 Å². The Balaban J connectivity index is 1.71. The number of amides is 2. The summed E-state index contributed by atoms with van der Waals surface area (Å²) in [6, 6.07) is 1.48. The summed E-state index contributed by atoms with van der Waals surface area (Å²) in [6.07, 6.45) is 3.08. The summed E-state index contributed by atoms with van der Waals surface area (Å²) in [5, 5.41) is 19.7. The van der Waals surface area contributed by atoms with Crippen LogP contribution >= 0.6 is 0 Å². The van der Waals surface area contributed by atoms with Crippen LogP contribution in [0.2, 0.25) is 0 Å². The molecule has 1 saturated heterocycles. The van der Waals surface area contributed by atoms with Gasteiger partial charge in [0.1, 0.15) is 28.7 Å². The third kappa shape index (κ3) is 4.21. The zero-order valence-electron chi connectivity index (χ0n) is 18.4. The number of hydroxylamine groups is 2. The van der Waals surface area contributed by atoms with Crippen molar-refractivity contribution in [2.24, 2.45) is 5.92 Å². The Kier molecular flexibility index (Phi) is 6.50. The molecule has 1 fully saturated rings. The number of fused-ring (bicyclic) bond motifs is 4. The fourth-order valence-corrected chi connectivity index (χ4v) is 4.82. The average Bonchev–Trinajstić information content (AvgIpc) is 2.92. The van der Waals surface area contributed by atoms with E-state index < -0.39 is 46.5 Å². The van der Waals surface area contributed by atoms with Crippen molar-refractivity contribution in [1.29, 1.82) is 0 Å². The van der Waals surface area contributed by atoms with Crippen LogP contribution in [0.5, 0.6) is 0 Å². The van der Waals surface area contributed by atoms with Crippen molar-refractivity contribution in [2.75, 3.05) is 13.2 Å². The fraction of sp³-hybridized carbons (Fsp3) is 0.435. The highest BCUT2D eigenvalue weighted by Gasteiger charge is 2.40. The van der Waals surface area contributed by atoms with Crippen LogP contribution in [0.15, 0.2) is 29.2 Å². The molecule has 2 bridgehead atoms. The maximum atomic E-state index is 14.0. The van der Waals surface area contributed by atoms with E-state index in [-0.39, 0.29) is 41.3 Å². The molecule has 2 N–H and O–H groups in total. The first-order valence-corrected chi connectivity index (χ1v) is 10.9. The van der Waals surface area contributed by atoms with Crippen molar-refractivity contribution in [2.45, 2.75) is 44.8 Å². The van der Waals surface area contributed by atoms with Crippen molar-refractivity contribution in [3.05, 3.63) is 68.9 Å². The Morgan fingerprint density at radius 1 is 1.15 bits per heavy atom. The van der Waals surface area contributed by atoms with Crippen LogP contribution in [0.4, 0.5) is 13.2 Å². The summed E-state index contributed by atoms with van der Waals surface area (Å²) in [4.78, 5) is 40.3. The Morgan fingerprint density at radius 2 is 1.82 bits per heavy atom. The van der Waals surface area contributed by atoms with Crippen LogP contribution in [-0.4, -0.2) is 55.9 Å². The first-order chi connectivity index (χ1) is 16.1. The number of hydrogen-bond acceptors (Lipinski definition) is 5. The van der Waals surface area contributed by atoms with Gasteiger partial charge in [-0.15, -0.1) is 0 Å². The number of carbonyl (C=O) groups excluding carboxylic acids is 2. The van der Waals surface area contributed by atoms with Gasteiger partial charge in [0.25, 0.3) is 11.8 Å². The molecule has 2 aliphatic rings. The SMILES string of the molecule is CC1CCC(CCO)C2CN1C(=O)c1cc(=O)c(C(=O)N(O)Cc3c(F)cc(F)cc3F)cn12. The zero-order valence-corrected chi connectivity index (χ0v) is 18.4. The molecule has 3 atom stereocenters. The highest BCUT2D eigenvalue weighted by molar-refractivity contribution is 5.96. The third-order valence-corrected chi connectivity index (χ3v) is 6.71. The van der Waals surface area contributed by atoms with E-state index in [2.05, 4.69) is 0 Å². The maximum absolute atomic E-state index is 14.0. The van der Waals surface area contributed by atoms with Crippen molar-refractivity contribution in [1.82, 2.24) is 14.5 Å². The average molecular weight is 479 g/mol. The van der Waals surface area contributed by atoms with Gasteiger partial charge in [0, 0.05) is 49.2 Å². The van der Waals surface area contributed by atoms with Gasteiger partial charge >= 0.3 is 0 Å². The van der Waals surface area contributed by atoms with Crippen LogP contribution in [0.3, 0.4) is 0 Å². The lowest BCUT2D eigenvalue weighted by Gasteiger charge is -2.39. The number of carbonyl (C=O) groups is 2. The molecule has 3 heterocycles. The Bertz CT molecular complexity index is 1180. The molecule has 182 valence electrons. The molecule has 4 rings (SSSR count). The van der Waals surface area contributed by atoms with Crippen LogP contribution in [0.1, 0.15) is 58.6 Å². The number of benzene rings is 1. The van der Waals surface area contributed by atoms with Crippen molar-refractivity contribution >= 4 is 11.8 Å². The molecule has 3 unspecified atom stereocenters.